The molecule has 0 bridgehead atoms. The number of fused-ring (bicyclic) bond motifs is 2. The first kappa shape index (κ1) is 34.3. The Hall–Kier alpha value is -2.24. The maximum absolute atomic E-state index is 12.8. The lowest BCUT2D eigenvalue weighted by molar-refractivity contribution is -0.171. The van der Waals surface area contributed by atoms with Crippen LogP contribution in [0, 0.1) is 40.4 Å². The van der Waals surface area contributed by atoms with Crippen LogP contribution in [0.3, 0.4) is 0 Å². The molecule has 3 saturated carbocycles. The summed E-state index contributed by atoms with van der Waals surface area (Å²) in [6.45, 7) is 8.09. The van der Waals surface area contributed by atoms with E-state index in [1.165, 1.54) is 0 Å². The lowest BCUT2D eigenvalue weighted by atomic mass is 9.54. The number of ether oxygens (including phenoxy) is 3. The van der Waals surface area contributed by atoms with Gasteiger partial charge in [-0.05, 0) is 92.8 Å². The second-order valence-corrected chi connectivity index (χ2v) is 13.6. The van der Waals surface area contributed by atoms with Crippen LogP contribution in [0.4, 0.5) is 0 Å². The third-order valence-corrected chi connectivity index (χ3v) is 11.3. The van der Waals surface area contributed by atoms with Crippen LogP contribution in [0.25, 0.3) is 0 Å². The molecule has 0 aromatic rings. The molecular weight excluding hydrogens is 542 g/mol. The smallest absolute Gasteiger partial charge is 0.319 e. The Morgan fingerprint density at radius 1 is 0.810 bits per heavy atom. The molecule has 0 heterocycles. The molecule has 0 radical (unpaired) electrons. The van der Waals surface area contributed by atoms with Crippen LogP contribution < -0.4 is 17.2 Å². The van der Waals surface area contributed by atoms with E-state index in [0.29, 0.717) is 38.5 Å². The van der Waals surface area contributed by atoms with Crippen molar-refractivity contribution in [3.8, 4) is 0 Å². The average Bonchev–Trinajstić information content (AvgIpc) is 3.28. The number of rotatable bonds is 10. The number of carbonyl (C=O) groups excluding carboxylic acids is 3. The SMILES string of the molecule is C[C@H](CCC(=O)O)C1CC[C@H]2C[C@H](OC(=O)CN)CC3C[C@H](OC(=O)CN)CCC3(C)[C@H](C)C[C@H](OC(=O)CN)C12C. The van der Waals surface area contributed by atoms with Crippen molar-refractivity contribution in [1.82, 2.24) is 0 Å². The summed E-state index contributed by atoms with van der Waals surface area (Å²) in [5.74, 6) is -1.72. The summed E-state index contributed by atoms with van der Waals surface area (Å²) in [6.07, 6.45) is 5.14. The van der Waals surface area contributed by atoms with Crippen molar-refractivity contribution in [2.75, 3.05) is 19.6 Å². The van der Waals surface area contributed by atoms with Gasteiger partial charge in [-0.3, -0.25) is 19.2 Å². The Balaban J connectivity index is 2.05. The third-order valence-electron chi connectivity index (χ3n) is 11.3. The summed E-state index contributed by atoms with van der Waals surface area (Å²) in [7, 11) is 0. The highest BCUT2D eigenvalue weighted by molar-refractivity contribution is 5.72. The molecule has 0 spiro atoms. The van der Waals surface area contributed by atoms with Gasteiger partial charge in [0.1, 0.15) is 18.3 Å². The number of esters is 3. The molecule has 0 amide bonds. The van der Waals surface area contributed by atoms with Crippen molar-refractivity contribution in [2.45, 2.75) is 110 Å². The van der Waals surface area contributed by atoms with E-state index >= 15 is 0 Å². The van der Waals surface area contributed by atoms with Crippen molar-refractivity contribution in [2.24, 2.45) is 57.6 Å². The molecule has 0 aromatic carbocycles. The van der Waals surface area contributed by atoms with Gasteiger partial charge in [-0.2, -0.15) is 0 Å². The van der Waals surface area contributed by atoms with Gasteiger partial charge < -0.3 is 36.5 Å². The van der Waals surface area contributed by atoms with Gasteiger partial charge in [0.15, 0.2) is 0 Å². The standard InChI is InChI=1S/C31H53N3O8/c1-18(5-8-26(35)36)24-7-6-20-12-23(41-28(38)16-33)14-21-13-22(40-27(37)15-32)9-10-30(21,3)19(2)11-25(31(20,24)4)42-29(39)17-34/h18-25H,5-17,32-34H2,1-4H3,(H,35,36)/t18-,19-,20+,21?,22-,23+,24?,25+,30?,31?/m1/s1. The van der Waals surface area contributed by atoms with E-state index in [2.05, 4.69) is 27.7 Å². The van der Waals surface area contributed by atoms with Gasteiger partial charge in [0.05, 0.1) is 19.6 Å². The fraction of sp³-hybridized carbons (Fsp3) is 0.871. The highest BCUT2D eigenvalue weighted by Gasteiger charge is 2.57. The van der Waals surface area contributed by atoms with E-state index in [1.807, 2.05) is 0 Å². The number of hydrogen-bond acceptors (Lipinski definition) is 10. The van der Waals surface area contributed by atoms with Gasteiger partial charge in [-0.25, -0.2) is 0 Å². The molecular formula is C31H53N3O8. The lowest BCUT2D eigenvalue weighted by Crippen LogP contribution is -2.52. The summed E-state index contributed by atoms with van der Waals surface area (Å²) in [6, 6.07) is 0. The maximum atomic E-state index is 12.8. The van der Waals surface area contributed by atoms with E-state index in [4.69, 9.17) is 31.4 Å². The molecule has 7 N–H and O–H groups in total. The topological polar surface area (TPSA) is 194 Å². The molecule has 3 fully saturated rings. The van der Waals surface area contributed by atoms with Crippen LogP contribution in [0.2, 0.25) is 0 Å². The predicted molar refractivity (Wildman–Crippen MR) is 156 cm³/mol. The van der Waals surface area contributed by atoms with Gasteiger partial charge in [0, 0.05) is 11.8 Å². The average molecular weight is 596 g/mol. The Bertz CT molecular complexity index is 978. The fourth-order valence-corrected chi connectivity index (χ4v) is 8.65. The first-order chi connectivity index (χ1) is 19.8. The summed E-state index contributed by atoms with van der Waals surface area (Å²) in [5, 5.41) is 9.38. The Labute approximate surface area is 249 Å². The summed E-state index contributed by atoms with van der Waals surface area (Å²) in [5.41, 5.74) is 16.2. The molecule has 3 rings (SSSR count). The lowest BCUT2D eigenvalue weighted by Gasteiger charge is -2.53. The van der Waals surface area contributed by atoms with Gasteiger partial charge in [0.2, 0.25) is 0 Å². The molecule has 0 saturated heterocycles. The van der Waals surface area contributed by atoms with Crippen LogP contribution in [0.15, 0.2) is 0 Å². The highest BCUT2D eigenvalue weighted by Crippen LogP contribution is 2.60. The van der Waals surface area contributed by atoms with Crippen LogP contribution in [0.1, 0.15) is 91.9 Å². The molecule has 3 aliphatic carbocycles. The first-order valence-corrected chi connectivity index (χ1v) is 15.7. The number of carboxylic acid groups (broad SMARTS) is 1. The number of hydrogen-bond donors (Lipinski definition) is 4. The number of aliphatic carboxylic acids is 1. The molecule has 11 heteroatoms. The number of carboxylic acids is 1. The van der Waals surface area contributed by atoms with E-state index < -0.39 is 41.5 Å². The van der Waals surface area contributed by atoms with Gasteiger partial charge in [0.25, 0.3) is 0 Å². The van der Waals surface area contributed by atoms with E-state index in [1.54, 1.807) is 0 Å². The minimum Gasteiger partial charge on any atom is -0.481 e. The van der Waals surface area contributed by atoms with Crippen molar-refractivity contribution < 1.29 is 38.5 Å². The third kappa shape index (κ3) is 7.63. The quantitative estimate of drug-likeness (QED) is 0.214. The maximum Gasteiger partial charge on any atom is 0.319 e. The van der Waals surface area contributed by atoms with Crippen LogP contribution in [-0.4, -0.2) is 66.9 Å². The minimum atomic E-state index is -0.826. The fourth-order valence-electron chi connectivity index (χ4n) is 8.65. The van der Waals surface area contributed by atoms with Crippen molar-refractivity contribution in [1.29, 1.82) is 0 Å². The van der Waals surface area contributed by atoms with E-state index in [9.17, 15) is 24.3 Å². The zero-order chi connectivity index (χ0) is 31.2. The normalized spacial score (nSPS) is 37.5. The number of carbonyl (C=O) groups is 4. The first-order valence-electron chi connectivity index (χ1n) is 15.7. The second-order valence-electron chi connectivity index (χ2n) is 13.6. The number of nitrogens with two attached hydrogens (primary N) is 3. The van der Waals surface area contributed by atoms with Gasteiger partial charge in [-0.1, -0.05) is 27.7 Å². The summed E-state index contributed by atoms with van der Waals surface area (Å²) in [4.78, 5) is 48.8. The van der Waals surface area contributed by atoms with Gasteiger partial charge >= 0.3 is 23.9 Å². The molecule has 42 heavy (non-hydrogen) atoms. The molecule has 0 aromatic heterocycles. The largest absolute Gasteiger partial charge is 0.481 e. The Kier molecular flexibility index (Phi) is 11.8. The molecule has 4 unspecified atom stereocenters. The zero-order valence-corrected chi connectivity index (χ0v) is 25.8. The van der Waals surface area contributed by atoms with Crippen molar-refractivity contribution >= 4 is 23.9 Å². The molecule has 240 valence electrons. The van der Waals surface area contributed by atoms with E-state index in [-0.39, 0.29) is 67.2 Å². The van der Waals surface area contributed by atoms with Crippen LogP contribution >= 0.6 is 0 Å². The van der Waals surface area contributed by atoms with Gasteiger partial charge in [-0.15, -0.1) is 0 Å². The molecule has 3 aliphatic rings. The molecule has 11 nitrogen and oxygen atoms in total. The summed E-state index contributed by atoms with van der Waals surface area (Å²) < 4.78 is 17.9. The second kappa shape index (κ2) is 14.5. The monoisotopic (exact) mass is 595 g/mol. The summed E-state index contributed by atoms with van der Waals surface area (Å²) >= 11 is 0. The van der Waals surface area contributed by atoms with E-state index in [0.717, 1.165) is 19.3 Å². The van der Waals surface area contributed by atoms with Crippen molar-refractivity contribution in [3.05, 3.63) is 0 Å². The Morgan fingerprint density at radius 2 is 1.36 bits per heavy atom. The molecule has 10 atom stereocenters. The van der Waals surface area contributed by atoms with Crippen molar-refractivity contribution in [3.63, 3.8) is 0 Å². The highest BCUT2D eigenvalue weighted by atomic mass is 16.6. The molecule has 0 aliphatic heterocycles. The van der Waals surface area contributed by atoms with Crippen LogP contribution in [-0.2, 0) is 33.4 Å². The minimum absolute atomic E-state index is 0.0620. The zero-order valence-electron chi connectivity index (χ0n) is 25.8. The predicted octanol–water partition coefficient (Wildman–Crippen LogP) is 2.76. The Morgan fingerprint density at radius 3 is 1.95 bits per heavy atom. The van der Waals surface area contributed by atoms with Crippen LogP contribution in [0.5, 0.6) is 0 Å².